The summed E-state index contributed by atoms with van der Waals surface area (Å²) in [7, 11) is 0. The molecule has 0 heterocycles. The number of carbonyl (C=O) groups excluding carboxylic acids is 3. The Morgan fingerprint density at radius 3 is 2.31 bits per heavy atom. The number of ether oxygens (including phenoxy) is 1. The van der Waals surface area contributed by atoms with Crippen molar-refractivity contribution in [2.75, 3.05) is 17.2 Å². The lowest BCUT2D eigenvalue weighted by atomic mass is 9.95. The first-order valence-electron chi connectivity index (χ1n) is 8.00. The zero-order valence-corrected chi connectivity index (χ0v) is 16.0. The van der Waals surface area contributed by atoms with E-state index in [2.05, 4.69) is 20.7 Å². The van der Waals surface area contributed by atoms with Gasteiger partial charge in [-0.05, 0) is 37.3 Å². The van der Waals surface area contributed by atoms with E-state index >= 15 is 0 Å². The number of esters is 1. The number of nitrogens with one attached hydrogen (secondary N) is 3. The Hall–Kier alpha value is -2.74. The number of hydrogen-bond acceptors (Lipinski definition) is 5. The highest BCUT2D eigenvalue weighted by Gasteiger charge is 2.21. The normalized spacial score (nSPS) is 10.9. The SMILES string of the molecule is CCOC(=O)/C=C/C(=O)NC(=S)Nc1cccc(NC(=O)C(C)(C)C)c1. The number of carbonyl (C=O) groups is 3. The quantitative estimate of drug-likeness (QED) is 0.415. The molecule has 0 atom stereocenters. The van der Waals surface area contributed by atoms with Gasteiger partial charge in [-0.25, -0.2) is 4.79 Å². The van der Waals surface area contributed by atoms with Crippen LogP contribution >= 0.6 is 12.2 Å². The number of amides is 2. The summed E-state index contributed by atoms with van der Waals surface area (Å²) in [6.45, 7) is 7.35. The van der Waals surface area contributed by atoms with Crippen LogP contribution in [0.2, 0.25) is 0 Å². The fourth-order valence-electron chi connectivity index (χ4n) is 1.64. The van der Waals surface area contributed by atoms with Crippen molar-refractivity contribution in [2.24, 2.45) is 5.41 Å². The molecule has 0 aliphatic heterocycles. The van der Waals surface area contributed by atoms with E-state index in [9.17, 15) is 14.4 Å². The molecule has 0 saturated heterocycles. The van der Waals surface area contributed by atoms with Crippen LogP contribution in [0, 0.1) is 5.41 Å². The zero-order chi connectivity index (χ0) is 19.7. The van der Waals surface area contributed by atoms with Crippen molar-refractivity contribution in [1.82, 2.24) is 5.32 Å². The largest absolute Gasteiger partial charge is 0.463 e. The average molecular weight is 377 g/mol. The molecule has 26 heavy (non-hydrogen) atoms. The van der Waals surface area contributed by atoms with Crippen LogP contribution in [0.5, 0.6) is 0 Å². The Kier molecular flexibility index (Phi) is 7.92. The summed E-state index contributed by atoms with van der Waals surface area (Å²) in [6.07, 6.45) is 2.05. The molecule has 2 amide bonds. The van der Waals surface area contributed by atoms with Crippen LogP contribution in [0.4, 0.5) is 11.4 Å². The van der Waals surface area contributed by atoms with Gasteiger partial charge in [0.1, 0.15) is 0 Å². The molecule has 1 aromatic rings. The molecular weight excluding hydrogens is 354 g/mol. The van der Waals surface area contributed by atoms with E-state index in [-0.39, 0.29) is 17.6 Å². The Bertz CT molecular complexity index is 723. The molecule has 0 saturated carbocycles. The van der Waals surface area contributed by atoms with E-state index in [1.165, 1.54) is 0 Å². The van der Waals surface area contributed by atoms with Crippen LogP contribution in [0.25, 0.3) is 0 Å². The minimum Gasteiger partial charge on any atom is -0.463 e. The van der Waals surface area contributed by atoms with Crippen molar-refractivity contribution < 1.29 is 19.1 Å². The van der Waals surface area contributed by atoms with Crippen molar-refractivity contribution in [1.29, 1.82) is 0 Å². The number of hydrogen-bond donors (Lipinski definition) is 3. The molecule has 0 spiro atoms. The van der Waals surface area contributed by atoms with Gasteiger partial charge in [-0.1, -0.05) is 26.8 Å². The van der Waals surface area contributed by atoms with Gasteiger partial charge >= 0.3 is 5.97 Å². The molecule has 0 unspecified atom stereocenters. The summed E-state index contributed by atoms with van der Waals surface area (Å²) in [4.78, 5) is 34.9. The molecule has 0 radical (unpaired) electrons. The maximum Gasteiger partial charge on any atom is 0.330 e. The molecular formula is C18H23N3O4S. The Labute approximate surface area is 158 Å². The number of benzene rings is 1. The first-order valence-corrected chi connectivity index (χ1v) is 8.41. The van der Waals surface area contributed by atoms with E-state index in [4.69, 9.17) is 12.2 Å². The minimum atomic E-state index is -0.608. The number of rotatable bonds is 5. The van der Waals surface area contributed by atoms with Gasteiger partial charge in [0.15, 0.2) is 5.11 Å². The second-order valence-electron chi connectivity index (χ2n) is 6.31. The van der Waals surface area contributed by atoms with Crippen molar-refractivity contribution in [3.8, 4) is 0 Å². The lowest BCUT2D eigenvalue weighted by Gasteiger charge is -2.18. The van der Waals surface area contributed by atoms with Crippen molar-refractivity contribution in [3.63, 3.8) is 0 Å². The molecule has 0 aromatic heterocycles. The molecule has 7 nitrogen and oxygen atoms in total. The molecule has 3 N–H and O–H groups in total. The fourth-order valence-corrected chi connectivity index (χ4v) is 1.86. The van der Waals surface area contributed by atoms with E-state index in [1.807, 2.05) is 20.8 Å². The number of anilines is 2. The second-order valence-corrected chi connectivity index (χ2v) is 6.72. The lowest BCUT2D eigenvalue weighted by molar-refractivity contribution is -0.137. The second kappa shape index (κ2) is 9.67. The van der Waals surface area contributed by atoms with Gasteiger partial charge in [-0.15, -0.1) is 0 Å². The van der Waals surface area contributed by atoms with Crippen LogP contribution in [0.3, 0.4) is 0 Å². The predicted molar refractivity (Wildman–Crippen MR) is 105 cm³/mol. The van der Waals surface area contributed by atoms with E-state index in [0.29, 0.717) is 11.4 Å². The van der Waals surface area contributed by atoms with Gasteiger partial charge < -0.3 is 15.4 Å². The molecule has 8 heteroatoms. The number of thiocarbonyl (C=S) groups is 1. The summed E-state index contributed by atoms with van der Waals surface area (Å²) in [5.41, 5.74) is 0.681. The predicted octanol–water partition coefficient (Wildman–Crippen LogP) is 2.60. The van der Waals surface area contributed by atoms with E-state index in [0.717, 1.165) is 12.2 Å². The van der Waals surface area contributed by atoms with Gasteiger partial charge in [0.05, 0.1) is 6.61 Å². The maximum atomic E-state index is 12.0. The highest BCUT2D eigenvalue weighted by molar-refractivity contribution is 7.80. The molecule has 0 bridgehead atoms. The average Bonchev–Trinajstić information content (AvgIpc) is 2.52. The Morgan fingerprint density at radius 1 is 1.12 bits per heavy atom. The Morgan fingerprint density at radius 2 is 1.73 bits per heavy atom. The third kappa shape index (κ3) is 7.89. The van der Waals surface area contributed by atoms with E-state index in [1.54, 1.807) is 31.2 Å². The maximum absolute atomic E-state index is 12.0. The van der Waals surface area contributed by atoms with E-state index < -0.39 is 17.3 Å². The third-order valence-corrected chi connectivity index (χ3v) is 3.16. The van der Waals surface area contributed by atoms with Crippen molar-refractivity contribution in [2.45, 2.75) is 27.7 Å². The van der Waals surface area contributed by atoms with Gasteiger partial charge in [-0.2, -0.15) is 0 Å². The monoisotopic (exact) mass is 377 g/mol. The summed E-state index contributed by atoms with van der Waals surface area (Å²) in [6, 6.07) is 6.92. The van der Waals surface area contributed by atoms with Gasteiger partial charge in [-0.3, -0.25) is 14.9 Å². The van der Waals surface area contributed by atoms with Crippen LogP contribution in [-0.4, -0.2) is 29.5 Å². The Balaban J connectivity index is 2.62. The summed E-state index contributed by atoms with van der Waals surface area (Å²) < 4.78 is 4.67. The first-order chi connectivity index (χ1) is 12.1. The standard InChI is InChI=1S/C18H23N3O4S/c1-5-25-15(23)10-9-14(22)21-17(26)20-13-8-6-7-12(11-13)19-16(24)18(2,3)4/h6-11H,5H2,1-4H3,(H,19,24)(H2,20,21,22,26)/b10-9+. The minimum absolute atomic E-state index is 0.0582. The third-order valence-electron chi connectivity index (χ3n) is 2.95. The summed E-state index contributed by atoms with van der Waals surface area (Å²) >= 11 is 5.05. The smallest absolute Gasteiger partial charge is 0.330 e. The van der Waals surface area contributed by atoms with Crippen LogP contribution < -0.4 is 16.0 Å². The molecule has 1 rings (SSSR count). The van der Waals surface area contributed by atoms with Gasteiger partial charge in [0.2, 0.25) is 11.8 Å². The van der Waals surface area contributed by atoms with Gasteiger partial charge in [0, 0.05) is 28.9 Å². The lowest BCUT2D eigenvalue weighted by Crippen LogP contribution is -2.33. The molecule has 1 aromatic carbocycles. The summed E-state index contributed by atoms with van der Waals surface area (Å²) in [5, 5.41) is 8.11. The molecule has 0 aliphatic carbocycles. The van der Waals surface area contributed by atoms with Crippen LogP contribution in [-0.2, 0) is 19.1 Å². The summed E-state index contributed by atoms with van der Waals surface area (Å²) in [5.74, 6) is -1.29. The topological polar surface area (TPSA) is 96.5 Å². The van der Waals surface area contributed by atoms with Crippen molar-refractivity contribution >= 4 is 46.5 Å². The fraction of sp³-hybridized carbons (Fsp3) is 0.333. The van der Waals surface area contributed by atoms with Gasteiger partial charge in [0.25, 0.3) is 0 Å². The van der Waals surface area contributed by atoms with Crippen LogP contribution in [0.15, 0.2) is 36.4 Å². The molecule has 140 valence electrons. The highest BCUT2D eigenvalue weighted by atomic mass is 32.1. The molecule has 0 aliphatic rings. The zero-order valence-electron chi connectivity index (χ0n) is 15.2. The highest BCUT2D eigenvalue weighted by Crippen LogP contribution is 2.19. The first kappa shape index (κ1) is 21.3. The van der Waals surface area contributed by atoms with Crippen molar-refractivity contribution in [3.05, 3.63) is 36.4 Å². The molecule has 0 fully saturated rings. The van der Waals surface area contributed by atoms with Crippen LogP contribution in [0.1, 0.15) is 27.7 Å².